The summed E-state index contributed by atoms with van der Waals surface area (Å²) in [5, 5.41) is 12.8. The van der Waals surface area contributed by atoms with E-state index in [-0.39, 0.29) is 29.2 Å². The zero-order valence-corrected chi connectivity index (χ0v) is 42.5. The predicted octanol–water partition coefficient (Wildman–Crippen LogP) is 12.2. The fraction of sp³-hybridized carbons (Fsp3) is 0.673. The van der Waals surface area contributed by atoms with E-state index in [0.717, 1.165) is 56.1 Å². The predicted molar refractivity (Wildman–Crippen MR) is 260 cm³/mol. The van der Waals surface area contributed by atoms with Gasteiger partial charge < -0.3 is 28.5 Å². The van der Waals surface area contributed by atoms with Crippen molar-refractivity contribution in [3.8, 4) is 0 Å². The standard InChI is InChI=1S/C52H81NO8SSi/c1-12-13-14-18-27-34-50(57-38-39-58-50)35-28-19-16-15-17-26-33-43(51(56,46(55)60-48(4,5)6)36-37-59-63(10,11)49(7,8)9)45(54)53-44(40(2)3)52(61-47(53)62,41-29-22-20-23-30-41)42-31-24-21-25-32-42/h20-26,29-33,40,43-44,56H,12-19,27-28,34-39H2,1-11H3/t43-,44+,51+/m1/s1. The van der Waals surface area contributed by atoms with Gasteiger partial charge in [-0.25, -0.2) is 4.79 Å². The van der Waals surface area contributed by atoms with Crippen molar-refractivity contribution in [2.45, 2.75) is 193 Å². The molecular weight excluding hydrogens is 827 g/mol. The molecule has 2 aromatic carbocycles. The molecular formula is C52H81NO8SSi. The molecule has 2 aliphatic heterocycles. The lowest BCUT2D eigenvalue weighted by Gasteiger charge is -2.41. The van der Waals surface area contributed by atoms with Crippen LogP contribution in [0.25, 0.3) is 0 Å². The van der Waals surface area contributed by atoms with Crippen LogP contribution in [-0.2, 0) is 38.6 Å². The highest BCUT2D eigenvalue weighted by atomic mass is 32.1. The third-order valence-electron chi connectivity index (χ3n) is 13.2. The lowest BCUT2D eigenvalue weighted by atomic mass is 9.75. The molecule has 0 unspecified atom stereocenters. The molecule has 0 aliphatic carbocycles. The van der Waals surface area contributed by atoms with Gasteiger partial charge in [0.2, 0.25) is 5.91 Å². The van der Waals surface area contributed by atoms with Crippen molar-refractivity contribution in [3.05, 3.63) is 83.9 Å². The number of hydrogen-bond acceptors (Lipinski definition) is 9. The van der Waals surface area contributed by atoms with Crippen molar-refractivity contribution in [1.82, 2.24) is 4.90 Å². The quantitative estimate of drug-likeness (QED) is 0.0362. The molecule has 0 radical (unpaired) electrons. The van der Waals surface area contributed by atoms with Gasteiger partial charge in [-0.1, -0.05) is 153 Å². The van der Waals surface area contributed by atoms with Crippen LogP contribution >= 0.6 is 12.2 Å². The summed E-state index contributed by atoms with van der Waals surface area (Å²) in [7, 11) is -2.31. The van der Waals surface area contributed by atoms with E-state index < -0.39 is 54.7 Å². The molecule has 0 saturated carbocycles. The summed E-state index contributed by atoms with van der Waals surface area (Å²) in [6, 6.07) is 19.0. The molecule has 9 nitrogen and oxygen atoms in total. The molecule has 2 fully saturated rings. The molecule has 1 amide bonds. The number of unbranched alkanes of at least 4 members (excludes halogenated alkanes) is 8. The van der Waals surface area contributed by atoms with Gasteiger partial charge in [0.05, 0.1) is 25.2 Å². The Morgan fingerprint density at radius 1 is 0.857 bits per heavy atom. The highest BCUT2D eigenvalue weighted by molar-refractivity contribution is 7.80. The van der Waals surface area contributed by atoms with Crippen LogP contribution in [0.5, 0.6) is 0 Å². The van der Waals surface area contributed by atoms with Gasteiger partial charge in [0.1, 0.15) is 5.60 Å². The summed E-state index contributed by atoms with van der Waals surface area (Å²) in [6.07, 6.45) is 15.9. The Hall–Kier alpha value is -2.93. The maximum Gasteiger partial charge on any atom is 0.339 e. The lowest BCUT2D eigenvalue weighted by molar-refractivity contribution is -0.186. The molecule has 352 valence electrons. The SMILES string of the molecule is CCCCCCCC1(CCCCCCC=C[C@H](C(=O)N2C(=S)OC(c3ccccc3)(c3ccccc3)[C@@H]2C(C)C)[C@@](O)(CCO[Si](C)(C)C(C)(C)C)C(=O)OC(C)(C)C)OCCO1. The number of allylic oxidation sites excluding steroid dienone is 1. The number of esters is 1. The van der Waals surface area contributed by atoms with Crippen molar-refractivity contribution in [3.63, 3.8) is 0 Å². The maximum atomic E-state index is 15.6. The van der Waals surface area contributed by atoms with E-state index >= 15 is 4.79 Å². The Balaban J connectivity index is 1.66. The number of benzene rings is 2. The summed E-state index contributed by atoms with van der Waals surface area (Å²) in [5.74, 6) is -3.39. The molecule has 0 aromatic heterocycles. The van der Waals surface area contributed by atoms with Gasteiger partial charge in [-0.05, 0) is 82.7 Å². The molecule has 4 rings (SSSR count). The number of nitrogens with zero attached hydrogens (tertiary/aromatic N) is 1. The van der Waals surface area contributed by atoms with E-state index in [9.17, 15) is 9.90 Å². The normalized spacial score (nSPS) is 19.3. The molecule has 2 aliphatic rings. The molecule has 3 atom stereocenters. The van der Waals surface area contributed by atoms with E-state index in [1.54, 1.807) is 26.8 Å². The first-order chi connectivity index (χ1) is 29.6. The zero-order valence-electron chi connectivity index (χ0n) is 40.6. The highest BCUT2D eigenvalue weighted by Gasteiger charge is 2.61. The number of ether oxygens (including phenoxy) is 4. The number of carbonyl (C=O) groups excluding carboxylic acids is 2. The molecule has 0 bridgehead atoms. The van der Waals surface area contributed by atoms with E-state index in [0.29, 0.717) is 19.6 Å². The van der Waals surface area contributed by atoms with Crippen molar-refractivity contribution < 1.29 is 38.1 Å². The van der Waals surface area contributed by atoms with E-state index in [2.05, 4.69) is 40.8 Å². The number of hydrogen-bond donors (Lipinski definition) is 1. The van der Waals surface area contributed by atoms with Crippen LogP contribution in [0.2, 0.25) is 18.1 Å². The van der Waals surface area contributed by atoms with E-state index in [1.165, 1.54) is 30.6 Å². The van der Waals surface area contributed by atoms with Crippen LogP contribution in [0.4, 0.5) is 0 Å². The van der Waals surface area contributed by atoms with Crippen LogP contribution in [0, 0.1) is 11.8 Å². The molecule has 11 heteroatoms. The van der Waals surface area contributed by atoms with Gasteiger partial charge in [0.25, 0.3) is 5.17 Å². The maximum absolute atomic E-state index is 15.6. The lowest BCUT2D eigenvalue weighted by Crippen LogP contribution is -2.58. The van der Waals surface area contributed by atoms with Gasteiger partial charge >= 0.3 is 5.97 Å². The number of rotatable bonds is 24. The first-order valence-corrected chi connectivity index (χ1v) is 27.2. The second kappa shape index (κ2) is 23.0. The first-order valence-electron chi connectivity index (χ1n) is 23.9. The van der Waals surface area contributed by atoms with Crippen molar-refractivity contribution in [1.29, 1.82) is 0 Å². The summed E-state index contributed by atoms with van der Waals surface area (Å²) < 4.78 is 31.7. The zero-order chi connectivity index (χ0) is 46.5. The van der Waals surface area contributed by atoms with Crippen LogP contribution in [-0.4, -0.2) is 78.2 Å². The Labute approximate surface area is 387 Å². The summed E-state index contributed by atoms with van der Waals surface area (Å²) in [4.78, 5) is 31.7. The van der Waals surface area contributed by atoms with Crippen LogP contribution in [0.1, 0.15) is 157 Å². The topological polar surface area (TPSA) is 104 Å². The first kappa shape index (κ1) is 52.7. The Morgan fingerprint density at radius 2 is 1.38 bits per heavy atom. The molecule has 63 heavy (non-hydrogen) atoms. The number of thiocarbonyl (C=S) groups is 1. The fourth-order valence-electron chi connectivity index (χ4n) is 8.71. The number of amides is 1. The smallest absolute Gasteiger partial charge is 0.339 e. The highest BCUT2D eigenvalue weighted by Crippen LogP contribution is 2.49. The Morgan fingerprint density at radius 3 is 1.87 bits per heavy atom. The van der Waals surface area contributed by atoms with Crippen LogP contribution in [0.15, 0.2) is 72.8 Å². The van der Waals surface area contributed by atoms with Gasteiger partial charge in [-0.3, -0.25) is 9.69 Å². The number of aliphatic hydroxyl groups is 1. The van der Waals surface area contributed by atoms with Crippen LogP contribution in [0.3, 0.4) is 0 Å². The average molecular weight is 908 g/mol. The van der Waals surface area contributed by atoms with Gasteiger partial charge in [0, 0.05) is 37.0 Å². The van der Waals surface area contributed by atoms with E-state index in [4.69, 9.17) is 35.6 Å². The summed E-state index contributed by atoms with van der Waals surface area (Å²) in [6.45, 7) is 23.7. The van der Waals surface area contributed by atoms with Gasteiger partial charge in [0.15, 0.2) is 25.3 Å². The monoisotopic (exact) mass is 908 g/mol. The third kappa shape index (κ3) is 13.6. The number of carbonyl (C=O) groups is 2. The Bertz CT molecular complexity index is 1730. The Kier molecular flexibility index (Phi) is 19.2. The third-order valence-corrected chi connectivity index (χ3v) is 18.0. The summed E-state index contributed by atoms with van der Waals surface area (Å²) in [5.41, 5.74) is -2.71. The van der Waals surface area contributed by atoms with Crippen LogP contribution < -0.4 is 0 Å². The van der Waals surface area contributed by atoms with Crippen molar-refractivity contribution >= 4 is 37.6 Å². The van der Waals surface area contributed by atoms with Crippen molar-refractivity contribution in [2.75, 3.05) is 19.8 Å². The molecule has 2 heterocycles. The van der Waals surface area contributed by atoms with Gasteiger partial charge in [-0.15, -0.1) is 0 Å². The largest absolute Gasteiger partial charge is 0.458 e. The average Bonchev–Trinajstić information content (AvgIpc) is 3.82. The molecule has 0 spiro atoms. The minimum atomic E-state index is -2.31. The van der Waals surface area contributed by atoms with Gasteiger partial charge in [-0.2, -0.15) is 0 Å². The van der Waals surface area contributed by atoms with E-state index in [1.807, 2.05) is 80.6 Å². The second-order valence-corrected chi connectivity index (χ2v) is 25.8. The molecule has 2 saturated heterocycles. The second-order valence-electron chi connectivity index (χ2n) is 20.6. The fourth-order valence-corrected chi connectivity index (χ4v) is 10.1. The van der Waals surface area contributed by atoms with Crippen molar-refractivity contribution in [2.24, 2.45) is 11.8 Å². The molecule has 2 aromatic rings. The summed E-state index contributed by atoms with van der Waals surface area (Å²) >= 11 is 6.04. The minimum absolute atomic E-state index is 0.0113. The minimum Gasteiger partial charge on any atom is -0.458 e. The molecule has 1 N–H and O–H groups in total.